The number of nitrogens with zero attached hydrogens (tertiary/aromatic N) is 4. The van der Waals surface area contributed by atoms with Gasteiger partial charge in [-0.25, -0.2) is 28.2 Å². The molecule has 5 rings (SSSR count). The number of benzene rings is 1. The molecule has 0 amide bonds. The lowest BCUT2D eigenvalue weighted by Gasteiger charge is -2.31. The second-order valence-electron chi connectivity index (χ2n) is 9.88. The molecule has 0 bridgehead atoms. The molecule has 0 aliphatic heterocycles. The SMILES string of the molecule is Nc1nc(-c2cc3ccn(C[C@@H]4CCC[C@H](Nc5cn[nH]c(=O)c5C(F)(F)F)C4)c(=O)c3cc2F)cnc1C(F)F. The summed E-state index contributed by atoms with van der Waals surface area (Å²) in [4.78, 5) is 32.4. The lowest BCUT2D eigenvalue weighted by atomic mass is 9.85. The number of pyridine rings is 1. The number of rotatable bonds is 6. The highest BCUT2D eigenvalue weighted by atomic mass is 19.4. The van der Waals surface area contributed by atoms with E-state index in [0.29, 0.717) is 31.1 Å². The maximum atomic E-state index is 15.0. The highest BCUT2D eigenvalue weighted by molar-refractivity contribution is 5.86. The quantitative estimate of drug-likeness (QED) is 0.277. The molecule has 9 nitrogen and oxygen atoms in total. The van der Waals surface area contributed by atoms with E-state index in [2.05, 4.69) is 20.4 Å². The Kier molecular flexibility index (Phi) is 7.44. The zero-order valence-electron chi connectivity index (χ0n) is 21.2. The van der Waals surface area contributed by atoms with Crippen LogP contribution in [0.1, 0.15) is 43.4 Å². The minimum absolute atomic E-state index is 0.0664. The van der Waals surface area contributed by atoms with E-state index in [9.17, 15) is 31.5 Å². The Labute approximate surface area is 227 Å². The van der Waals surface area contributed by atoms with Gasteiger partial charge in [-0.15, -0.1) is 0 Å². The van der Waals surface area contributed by atoms with Crippen molar-refractivity contribution in [2.45, 2.75) is 50.9 Å². The van der Waals surface area contributed by atoms with E-state index in [4.69, 9.17) is 5.73 Å². The lowest BCUT2D eigenvalue weighted by molar-refractivity contribution is -0.138. The monoisotopic (exact) mass is 579 g/mol. The van der Waals surface area contributed by atoms with Crippen molar-refractivity contribution in [1.82, 2.24) is 24.7 Å². The van der Waals surface area contributed by atoms with Crippen LogP contribution >= 0.6 is 0 Å². The smallest absolute Gasteiger partial charge is 0.382 e. The first-order valence-electron chi connectivity index (χ1n) is 12.6. The predicted octanol–water partition coefficient (Wildman–Crippen LogP) is 4.89. The van der Waals surface area contributed by atoms with Gasteiger partial charge in [0.05, 0.1) is 29.2 Å². The summed E-state index contributed by atoms with van der Waals surface area (Å²) in [5.41, 5.74) is 1.12. The molecule has 4 aromatic rings. The van der Waals surface area contributed by atoms with Crippen molar-refractivity contribution in [3.8, 4) is 11.3 Å². The highest BCUT2D eigenvalue weighted by Crippen LogP contribution is 2.34. The molecule has 3 heterocycles. The third-order valence-corrected chi connectivity index (χ3v) is 7.11. The standard InChI is InChI=1S/C26H23F6N7O2/c27-17-8-15-13(7-16(17)18-9-34-21(22(28)29)23(33)37-18)4-5-39(25(15)41)11-12-2-1-3-14(6-12)36-19-10-35-38-24(40)20(19)26(30,31)32/h4-5,7-10,12,14,22H,1-3,6,11H2,(H2,33,37)(H2,36,38,40)/t12-,14+/m1/s1. The van der Waals surface area contributed by atoms with Crippen molar-refractivity contribution in [1.29, 1.82) is 0 Å². The molecular formula is C26H23F6N7O2. The van der Waals surface area contributed by atoms with Gasteiger partial charge in [0.1, 0.15) is 17.1 Å². The van der Waals surface area contributed by atoms with Gasteiger partial charge in [-0.3, -0.25) is 9.59 Å². The van der Waals surface area contributed by atoms with E-state index in [-0.39, 0.29) is 35.1 Å². The maximum absolute atomic E-state index is 15.0. The number of aromatic amines is 1. The van der Waals surface area contributed by atoms with E-state index >= 15 is 4.39 Å². The highest BCUT2D eigenvalue weighted by Gasteiger charge is 2.38. The number of nitrogen functional groups attached to an aromatic ring is 1. The lowest BCUT2D eigenvalue weighted by Crippen LogP contribution is -2.33. The zero-order chi connectivity index (χ0) is 29.5. The molecule has 2 atom stereocenters. The number of fused-ring (bicyclic) bond motifs is 1. The summed E-state index contributed by atoms with van der Waals surface area (Å²) in [5.74, 6) is -1.44. The topological polar surface area (TPSA) is 132 Å². The van der Waals surface area contributed by atoms with E-state index in [1.807, 2.05) is 0 Å². The number of halogens is 6. The van der Waals surface area contributed by atoms with Gasteiger partial charge < -0.3 is 15.6 Å². The average Bonchev–Trinajstić information content (AvgIpc) is 2.89. The minimum Gasteiger partial charge on any atom is -0.382 e. The first-order valence-corrected chi connectivity index (χ1v) is 12.6. The molecule has 0 spiro atoms. The maximum Gasteiger partial charge on any atom is 0.423 e. The largest absolute Gasteiger partial charge is 0.423 e. The Hall–Kier alpha value is -4.43. The summed E-state index contributed by atoms with van der Waals surface area (Å²) in [6.07, 6.45) is -1.99. The second kappa shape index (κ2) is 10.9. The number of hydrogen-bond acceptors (Lipinski definition) is 7. The van der Waals surface area contributed by atoms with E-state index in [1.165, 1.54) is 16.8 Å². The molecule has 0 unspecified atom stereocenters. The normalized spacial score (nSPS) is 17.7. The van der Waals surface area contributed by atoms with Gasteiger partial charge in [0.25, 0.3) is 17.5 Å². The van der Waals surface area contributed by atoms with Crippen molar-refractivity contribution < 1.29 is 26.3 Å². The molecule has 1 saturated carbocycles. The molecule has 15 heteroatoms. The molecule has 3 aromatic heterocycles. The van der Waals surface area contributed by atoms with E-state index < -0.39 is 52.3 Å². The number of nitrogens with two attached hydrogens (primary N) is 1. The molecule has 0 radical (unpaired) electrons. The number of H-pyrrole nitrogens is 1. The van der Waals surface area contributed by atoms with Crippen LogP contribution in [-0.4, -0.2) is 30.8 Å². The van der Waals surface area contributed by atoms with Crippen molar-refractivity contribution >= 4 is 22.3 Å². The van der Waals surface area contributed by atoms with Crippen molar-refractivity contribution in [2.75, 3.05) is 11.1 Å². The number of hydrogen-bond donors (Lipinski definition) is 3. The third kappa shape index (κ3) is 5.74. The van der Waals surface area contributed by atoms with Crippen LogP contribution in [0.4, 0.5) is 37.8 Å². The summed E-state index contributed by atoms with van der Waals surface area (Å²) < 4.78 is 82.6. The van der Waals surface area contributed by atoms with Crippen LogP contribution in [0.5, 0.6) is 0 Å². The first kappa shape index (κ1) is 28.1. The van der Waals surface area contributed by atoms with Gasteiger partial charge in [-0.1, -0.05) is 6.42 Å². The molecule has 0 saturated heterocycles. The van der Waals surface area contributed by atoms with E-state index in [1.54, 1.807) is 11.2 Å². The zero-order valence-corrected chi connectivity index (χ0v) is 21.2. The molecule has 1 aliphatic carbocycles. The minimum atomic E-state index is -4.87. The van der Waals surface area contributed by atoms with Gasteiger partial charge >= 0.3 is 6.18 Å². The summed E-state index contributed by atoms with van der Waals surface area (Å²) in [5, 5.41) is 8.54. The fraction of sp³-hybridized carbons (Fsp3) is 0.346. The van der Waals surface area contributed by atoms with Crippen LogP contribution in [0.15, 0.2) is 46.4 Å². The fourth-order valence-electron chi connectivity index (χ4n) is 5.23. The predicted molar refractivity (Wildman–Crippen MR) is 138 cm³/mol. The Morgan fingerprint density at radius 1 is 1.17 bits per heavy atom. The molecule has 1 aliphatic rings. The van der Waals surface area contributed by atoms with Crippen LogP contribution in [-0.2, 0) is 12.7 Å². The van der Waals surface area contributed by atoms with Crippen molar-refractivity contribution in [3.63, 3.8) is 0 Å². The Bertz CT molecular complexity index is 1720. The van der Waals surface area contributed by atoms with Crippen LogP contribution in [0.3, 0.4) is 0 Å². The molecule has 1 fully saturated rings. The van der Waals surface area contributed by atoms with Gasteiger partial charge in [-0.2, -0.15) is 18.3 Å². The summed E-state index contributed by atoms with van der Waals surface area (Å²) >= 11 is 0. The number of alkyl halides is 5. The number of nitrogens with one attached hydrogen (secondary N) is 2. The average molecular weight is 580 g/mol. The molecular weight excluding hydrogens is 556 g/mol. The van der Waals surface area contributed by atoms with Crippen LogP contribution < -0.4 is 22.2 Å². The number of aromatic nitrogens is 5. The summed E-state index contributed by atoms with van der Waals surface area (Å²) in [7, 11) is 0. The molecule has 4 N–H and O–H groups in total. The fourth-order valence-corrected chi connectivity index (χ4v) is 5.23. The van der Waals surface area contributed by atoms with Crippen LogP contribution in [0, 0.1) is 11.7 Å². The third-order valence-electron chi connectivity index (χ3n) is 7.11. The summed E-state index contributed by atoms with van der Waals surface area (Å²) in [6, 6.07) is 3.60. The Morgan fingerprint density at radius 3 is 2.66 bits per heavy atom. The van der Waals surface area contributed by atoms with Crippen LogP contribution in [0.2, 0.25) is 0 Å². The Balaban J connectivity index is 1.36. The van der Waals surface area contributed by atoms with Gasteiger partial charge in [0.2, 0.25) is 0 Å². The molecule has 41 heavy (non-hydrogen) atoms. The van der Waals surface area contributed by atoms with E-state index in [0.717, 1.165) is 18.5 Å². The van der Waals surface area contributed by atoms with Crippen molar-refractivity contribution in [2.24, 2.45) is 5.92 Å². The second-order valence-corrected chi connectivity index (χ2v) is 9.88. The summed E-state index contributed by atoms with van der Waals surface area (Å²) in [6.45, 7) is 0.243. The van der Waals surface area contributed by atoms with Gasteiger partial charge in [-0.05, 0) is 48.8 Å². The Morgan fingerprint density at radius 2 is 1.95 bits per heavy atom. The van der Waals surface area contributed by atoms with Crippen molar-refractivity contribution in [3.05, 3.63) is 74.6 Å². The van der Waals surface area contributed by atoms with Crippen LogP contribution in [0.25, 0.3) is 22.0 Å². The number of anilines is 2. The van der Waals surface area contributed by atoms with Gasteiger partial charge in [0, 0.05) is 24.3 Å². The molecule has 1 aromatic carbocycles. The first-order chi connectivity index (χ1) is 19.4. The van der Waals surface area contributed by atoms with Gasteiger partial charge in [0.15, 0.2) is 5.82 Å². The molecule has 216 valence electrons.